The largest absolute Gasteiger partial charge is 0.378 e. The number of anilines is 1. The van der Waals surface area contributed by atoms with E-state index in [4.69, 9.17) is 0 Å². The van der Waals surface area contributed by atoms with E-state index in [9.17, 15) is 8.42 Å². The molecule has 2 rings (SSSR count). The van der Waals surface area contributed by atoms with Crippen molar-refractivity contribution in [2.75, 3.05) is 32.1 Å². The Balaban J connectivity index is 0.00000242. The lowest BCUT2D eigenvalue weighted by molar-refractivity contribution is 0.233. The predicted molar refractivity (Wildman–Crippen MR) is 96.5 cm³/mol. The normalized spacial score (nSPS) is 23.0. The molecule has 1 aromatic carbocycles. The summed E-state index contributed by atoms with van der Waals surface area (Å²) in [6, 6.07) is 5.48. The van der Waals surface area contributed by atoms with Gasteiger partial charge in [0.05, 0.1) is 4.90 Å². The van der Waals surface area contributed by atoms with Gasteiger partial charge in [0, 0.05) is 49.4 Å². The van der Waals surface area contributed by atoms with Crippen LogP contribution in [-0.4, -0.2) is 52.0 Å². The van der Waals surface area contributed by atoms with Crippen molar-refractivity contribution in [3.8, 4) is 0 Å². The lowest BCUT2D eigenvalue weighted by Crippen LogP contribution is -2.57. The number of hydrogen-bond donors (Lipinski definition) is 1. The van der Waals surface area contributed by atoms with E-state index in [0.29, 0.717) is 22.5 Å². The molecule has 22 heavy (non-hydrogen) atoms. The smallest absolute Gasteiger partial charge is 0.244 e. The highest BCUT2D eigenvalue weighted by Gasteiger charge is 2.35. The Morgan fingerprint density at radius 1 is 1.32 bits per heavy atom. The van der Waals surface area contributed by atoms with E-state index in [1.54, 1.807) is 16.4 Å². The molecule has 0 spiro atoms. The van der Waals surface area contributed by atoms with Crippen molar-refractivity contribution in [2.24, 2.45) is 0 Å². The fourth-order valence-corrected chi connectivity index (χ4v) is 5.11. The molecule has 0 amide bonds. The first kappa shape index (κ1) is 19.7. The average Bonchev–Trinajstić information content (AvgIpc) is 2.41. The lowest BCUT2D eigenvalue weighted by atomic mass is 10.1. The summed E-state index contributed by atoms with van der Waals surface area (Å²) in [6.07, 6.45) is 0. The van der Waals surface area contributed by atoms with Crippen LogP contribution in [0.15, 0.2) is 27.6 Å². The first-order valence-corrected chi connectivity index (χ1v) is 9.20. The maximum atomic E-state index is 13.0. The zero-order chi connectivity index (χ0) is 15.8. The Labute approximate surface area is 147 Å². The van der Waals surface area contributed by atoms with Crippen LogP contribution in [0.1, 0.15) is 13.8 Å². The number of hydrogen-bond acceptors (Lipinski definition) is 4. The van der Waals surface area contributed by atoms with E-state index >= 15 is 0 Å². The minimum Gasteiger partial charge on any atom is -0.378 e. The minimum atomic E-state index is -3.51. The molecule has 1 aliphatic heterocycles. The highest BCUT2D eigenvalue weighted by molar-refractivity contribution is 9.10. The molecule has 0 bridgehead atoms. The summed E-state index contributed by atoms with van der Waals surface area (Å²) in [7, 11) is 0.285. The van der Waals surface area contributed by atoms with E-state index in [2.05, 4.69) is 21.2 Å². The van der Waals surface area contributed by atoms with Crippen molar-refractivity contribution in [1.82, 2.24) is 9.62 Å². The maximum absolute atomic E-state index is 13.0. The summed E-state index contributed by atoms with van der Waals surface area (Å²) < 4.78 is 28.2. The number of nitrogens with one attached hydrogen (secondary N) is 1. The molecule has 1 heterocycles. The Morgan fingerprint density at radius 2 is 1.95 bits per heavy atom. The molecule has 0 aliphatic carbocycles. The van der Waals surface area contributed by atoms with Crippen molar-refractivity contribution in [1.29, 1.82) is 0 Å². The van der Waals surface area contributed by atoms with E-state index in [1.807, 2.05) is 38.9 Å². The highest BCUT2D eigenvalue weighted by atomic mass is 79.9. The van der Waals surface area contributed by atoms with Gasteiger partial charge in [-0.3, -0.25) is 0 Å². The van der Waals surface area contributed by atoms with E-state index in [1.165, 1.54) is 0 Å². The van der Waals surface area contributed by atoms with Crippen LogP contribution in [-0.2, 0) is 10.0 Å². The van der Waals surface area contributed by atoms with Gasteiger partial charge in [0.25, 0.3) is 0 Å². The Bertz CT molecular complexity index is 625. The minimum absolute atomic E-state index is 0. The van der Waals surface area contributed by atoms with Gasteiger partial charge in [0.2, 0.25) is 10.0 Å². The predicted octanol–water partition coefficient (Wildman–Crippen LogP) is 2.31. The molecule has 1 aliphatic rings. The molecule has 8 heteroatoms. The summed E-state index contributed by atoms with van der Waals surface area (Å²) in [5, 5.41) is 3.30. The number of halogens is 2. The topological polar surface area (TPSA) is 52.7 Å². The van der Waals surface area contributed by atoms with Gasteiger partial charge < -0.3 is 10.2 Å². The third-order valence-electron chi connectivity index (χ3n) is 3.99. The maximum Gasteiger partial charge on any atom is 0.244 e. The molecule has 2 unspecified atom stereocenters. The van der Waals surface area contributed by atoms with Crippen molar-refractivity contribution in [2.45, 2.75) is 30.8 Å². The number of nitrogens with zero attached hydrogens (tertiary/aromatic N) is 2. The number of rotatable bonds is 3. The summed E-state index contributed by atoms with van der Waals surface area (Å²) in [5.41, 5.74) is 0.868. The molecule has 5 nitrogen and oxygen atoms in total. The second kappa shape index (κ2) is 7.49. The fraction of sp³-hybridized carbons (Fsp3) is 0.571. The molecule has 1 aromatic rings. The number of benzene rings is 1. The van der Waals surface area contributed by atoms with Gasteiger partial charge in [-0.2, -0.15) is 4.31 Å². The van der Waals surface area contributed by atoms with Gasteiger partial charge in [0.15, 0.2) is 0 Å². The van der Waals surface area contributed by atoms with Crippen LogP contribution in [0.4, 0.5) is 5.69 Å². The van der Waals surface area contributed by atoms with Gasteiger partial charge >= 0.3 is 0 Å². The molecule has 0 radical (unpaired) electrons. The molecule has 1 saturated heterocycles. The second-order valence-corrected chi connectivity index (χ2v) is 8.32. The van der Waals surface area contributed by atoms with E-state index in [0.717, 1.165) is 5.69 Å². The highest BCUT2D eigenvalue weighted by Crippen LogP contribution is 2.30. The van der Waals surface area contributed by atoms with Crippen molar-refractivity contribution in [3.63, 3.8) is 0 Å². The SMILES string of the molecule is CC1NCCN(S(=O)(=O)c2cc(N(C)C)ccc2Br)C1C.Cl. The van der Waals surface area contributed by atoms with Crippen LogP contribution >= 0.6 is 28.3 Å². The molecular weight excluding hydrogens is 390 g/mol. The third kappa shape index (κ3) is 3.76. The standard InChI is InChI=1S/C14H22BrN3O2S.ClH/c1-10-11(2)18(8-7-16-10)21(19,20)14-9-12(17(3)4)5-6-13(14)15;/h5-6,9-11,16H,7-8H2,1-4H3;1H. The number of piperazine rings is 1. The van der Waals surface area contributed by atoms with E-state index in [-0.39, 0.29) is 24.5 Å². The fourth-order valence-electron chi connectivity index (χ4n) is 2.46. The van der Waals surface area contributed by atoms with Crippen molar-refractivity contribution < 1.29 is 8.42 Å². The summed E-state index contributed by atoms with van der Waals surface area (Å²) in [4.78, 5) is 2.23. The number of sulfonamides is 1. The van der Waals surface area contributed by atoms with Gasteiger partial charge in [0.1, 0.15) is 0 Å². The first-order chi connectivity index (χ1) is 9.75. The molecule has 2 atom stereocenters. The van der Waals surface area contributed by atoms with Gasteiger partial charge in [-0.1, -0.05) is 0 Å². The molecule has 1 N–H and O–H groups in total. The monoisotopic (exact) mass is 411 g/mol. The Hall–Kier alpha value is -0.340. The van der Waals surface area contributed by atoms with Gasteiger partial charge in [-0.25, -0.2) is 8.42 Å². The molecule has 0 saturated carbocycles. The molecule has 1 fully saturated rings. The molecular formula is C14H23BrClN3O2S. The summed E-state index contributed by atoms with van der Waals surface area (Å²) >= 11 is 3.38. The van der Waals surface area contributed by atoms with Crippen LogP contribution in [0, 0.1) is 0 Å². The van der Waals surface area contributed by atoms with Crippen LogP contribution in [0.2, 0.25) is 0 Å². The Morgan fingerprint density at radius 3 is 2.55 bits per heavy atom. The molecule has 0 aromatic heterocycles. The third-order valence-corrected chi connectivity index (χ3v) is 6.97. The summed E-state index contributed by atoms with van der Waals surface area (Å²) in [6.45, 7) is 5.12. The second-order valence-electron chi connectivity index (χ2n) is 5.61. The van der Waals surface area contributed by atoms with Crippen LogP contribution < -0.4 is 10.2 Å². The lowest BCUT2D eigenvalue weighted by Gasteiger charge is -2.37. The van der Waals surface area contributed by atoms with Gasteiger partial charge in [-0.15, -0.1) is 12.4 Å². The first-order valence-electron chi connectivity index (χ1n) is 6.97. The van der Waals surface area contributed by atoms with Gasteiger partial charge in [-0.05, 0) is 48.0 Å². The van der Waals surface area contributed by atoms with Crippen LogP contribution in [0.5, 0.6) is 0 Å². The zero-order valence-electron chi connectivity index (χ0n) is 13.2. The van der Waals surface area contributed by atoms with E-state index < -0.39 is 10.0 Å². The average molecular weight is 413 g/mol. The van der Waals surface area contributed by atoms with Crippen molar-refractivity contribution >= 4 is 44.0 Å². The zero-order valence-corrected chi connectivity index (χ0v) is 16.4. The molecule has 126 valence electrons. The quantitative estimate of drug-likeness (QED) is 0.828. The Kier molecular flexibility index (Phi) is 6.71. The van der Waals surface area contributed by atoms with Crippen LogP contribution in [0.25, 0.3) is 0 Å². The van der Waals surface area contributed by atoms with Crippen molar-refractivity contribution in [3.05, 3.63) is 22.7 Å². The van der Waals surface area contributed by atoms with Crippen LogP contribution in [0.3, 0.4) is 0 Å². The summed E-state index contributed by atoms with van der Waals surface area (Å²) in [5.74, 6) is 0.